The molecular formula is C24H20N6O3. The van der Waals surface area contributed by atoms with Crippen LogP contribution in [0.2, 0.25) is 0 Å². The highest BCUT2D eigenvalue weighted by molar-refractivity contribution is 6.04. The van der Waals surface area contributed by atoms with E-state index in [1.165, 1.54) is 0 Å². The highest BCUT2D eigenvalue weighted by Crippen LogP contribution is 2.31. The molecule has 9 nitrogen and oxygen atoms in total. The van der Waals surface area contributed by atoms with E-state index in [0.717, 1.165) is 17.1 Å². The number of aromatic nitrogens is 3. The molecule has 0 saturated heterocycles. The SMILES string of the molecule is N#CCC(=O)N1CCc2[nH]c3c(C(N)=O)c(-c4ccc(Oc5ccccc5)cc4)nn3c2C1. The first-order chi connectivity index (χ1) is 16.0. The molecule has 3 heterocycles. The molecule has 5 rings (SSSR count). The molecule has 2 amide bonds. The summed E-state index contributed by atoms with van der Waals surface area (Å²) >= 11 is 0. The van der Waals surface area contributed by atoms with E-state index < -0.39 is 5.91 Å². The maximum Gasteiger partial charge on any atom is 0.254 e. The first-order valence-electron chi connectivity index (χ1n) is 10.5. The Morgan fingerprint density at radius 2 is 1.85 bits per heavy atom. The van der Waals surface area contributed by atoms with Crippen LogP contribution in [0.5, 0.6) is 11.5 Å². The van der Waals surface area contributed by atoms with Gasteiger partial charge >= 0.3 is 0 Å². The third kappa shape index (κ3) is 3.68. The van der Waals surface area contributed by atoms with Crippen LogP contribution in [0.1, 0.15) is 28.2 Å². The number of ether oxygens (including phenoxy) is 1. The number of hydrogen-bond acceptors (Lipinski definition) is 5. The van der Waals surface area contributed by atoms with E-state index in [9.17, 15) is 9.59 Å². The van der Waals surface area contributed by atoms with Crippen molar-refractivity contribution >= 4 is 17.5 Å². The first-order valence-corrected chi connectivity index (χ1v) is 10.5. The Labute approximate surface area is 189 Å². The number of aromatic amines is 1. The van der Waals surface area contributed by atoms with E-state index >= 15 is 0 Å². The second-order valence-corrected chi connectivity index (χ2v) is 7.74. The standard InChI is InChI=1S/C24H20N6O3/c25-12-10-20(31)29-13-11-18-19(14-29)30-24(27-18)21(23(26)32)22(28-30)15-6-8-17(9-7-15)33-16-4-2-1-3-5-16/h1-9,27H,10-11,13-14H2,(H2,26,32). The topological polar surface area (TPSA) is 130 Å². The molecular weight excluding hydrogens is 420 g/mol. The van der Waals surface area contributed by atoms with Crippen LogP contribution in [0.15, 0.2) is 54.6 Å². The molecule has 0 spiro atoms. The van der Waals surface area contributed by atoms with Crippen molar-refractivity contribution in [1.82, 2.24) is 19.5 Å². The number of imidazole rings is 1. The number of nitrogens with one attached hydrogen (secondary N) is 1. The Morgan fingerprint density at radius 1 is 1.12 bits per heavy atom. The Hall–Kier alpha value is -4.58. The van der Waals surface area contributed by atoms with E-state index in [-0.39, 0.29) is 17.9 Å². The number of carbonyl (C=O) groups excluding carboxylic acids is 2. The van der Waals surface area contributed by atoms with E-state index in [1.54, 1.807) is 21.5 Å². The number of carbonyl (C=O) groups is 2. The Kier molecular flexibility index (Phi) is 5.03. The molecule has 0 unspecified atom stereocenters. The summed E-state index contributed by atoms with van der Waals surface area (Å²) in [5, 5.41) is 13.5. The normalized spacial score (nSPS) is 12.9. The van der Waals surface area contributed by atoms with Crippen molar-refractivity contribution in [2.75, 3.05) is 6.54 Å². The van der Waals surface area contributed by atoms with Crippen molar-refractivity contribution in [2.45, 2.75) is 19.4 Å². The molecule has 0 atom stereocenters. The lowest BCUT2D eigenvalue weighted by Gasteiger charge is -2.25. The maximum atomic E-state index is 12.4. The molecule has 2 aromatic carbocycles. The summed E-state index contributed by atoms with van der Waals surface area (Å²) in [6.07, 6.45) is 0.409. The molecule has 0 aliphatic carbocycles. The molecule has 0 fully saturated rings. The number of para-hydroxylation sites is 1. The van der Waals surface area contributed by atoms with E-state index in [0.29, 0.717) is 42.2 Å². The fraction of sp³-hybridized carbons (Fsp3) is 0.167. The van der Waals surface area contributed by atoms with Gasteiger partial charge < -0.3 is 20.4 Å². The largest absolute Gasteiger partial charge is 0.457 e. The van der Waals surface area contributed by atoms with Crippen LogP contribution in [-0.2, 0) is 17.8 Å². The molecule has 0 saturated carbocycles. The number of H-pyrrole nitrogens is 1. The van der Waals surface area contributed by atoms with Gasteiger partial charge in [-0.2, -0.15) is 10.4 Å². The van der Waals surface area contributed by atoms with Gasteiger partial charge in [-0.3, -0.25) is 9.59 Å². The first kappa shape index (κ1) is 20.3. The van der Waals surface area contributed by atoms with Crippen molar-refractivity contribution in [3.63, 3.8) is 0 Å². The Bertz CT molecular complexity index is 1400. The predicted molar refractivity (Wildman–Crippen MR) is 119 cm³/mol. The minimum atomic E-state index is -0.597. The molecule has 33 heavy (non-hydrogen) atoms. The molecule has 1 aliphatic heterocycles. The average molecular weight is 440 g/mol. The van der Waals surface area contributed by atoms with Gasteiger partial charge in [-0.1, -0.05) is 18.2 Å². The quantitative estimate of drug-likeness (QED) is 0.493. The van der Waals surface area contributed by atoms with Gasteiger partial charge in [0.15, 0.2) is 0 Å². The van der Waals surface area contributed by atoms with Gasteiger partial charge in [-0.15, -0.1) is 0 Å². The molecule has 3 N–H and O–H groups in total. The van der Waals surface area contributed by atoms with Crippen LogP contribution in [0, 0.1) is 11.3 Å². The van der Waals surface area contributed by atoms with Crippen molar-refractivity contribution in [1.29, 1.82) is 5.26 Å². The zero-order valence-electron chi connectivity index (χ0n) is 17.6. The fourth-order valence-corrected chi connectivity index (χ4v) is 4.08. The monoisotopic (exact) mass is 440 g/mol. The van der Waals surface area contributed by atoms with Gasteiger partial charge in [0.25, 0.3) is 5.91 Å². The van der Waals surface area contributed by atoms with Crippen LogP contribution >= 0.6 is 0 Å². The zero-order valence-corrected chi connectivity index (χ0v) is 17.6. The molecule has 1 aliphatic rings. The second kappa shape index (κ2) is 8.16. The minimum Gasteiger partial charge on any atom is -0.457 e. The summed E-state index contributed by atoms with van der Waals surface area (Å²) in [6, 6.07) is 18.6. The molecule has 2 aromatic heterocycles. The van der Waals surface area contributed by atoms with Crippen LogP contribution in [0.25, 0.3) is 16.9 Å². The number of fused-ring (bicyclic) bond motifs is 3. The highest BCUT2D eigenvalue weighted by atomic mass is 16.5. The fourth-order valence-electron chi connectivity index (χ4n) is 4.08. The maximum absolute atomic E-state index is 12.4. The predicted octanol–water partition coefficient (Wildman–Crippen LogP) is 3.02. The number of hydrogen-bond donors (Lipinski definition) is 2. The molecule has 0 bridgehead atoms. The Balaban J connectivity index is 1.50. The number of benzene rings is 2. The number of amides is 2. The summed E-state index contributed by atoms with van der Waals surface area (Å²) in [5.74, 6) is 0.550. The van der Waals surface area contributed by atoms with Gasteiger partial charge in [-0.25, -0.2) is 4.52 Å². The summed E-state index contributed by atoms with van der Waals surface area (Å²) in [6.45, 7) is 0.803. The van der Waals surface area contributed by atoms with Crippen molar-refractivity contribution < 1.29 is 14.3 Å². The van der Waals surface area contributed by atoms with Crippen molar-refractivity contribution in [2.24, 2.45) is 5.73 Å². The third-order valence-corrected chi connectivity index (χ3v) is 5.67. The van der Waals surface area contributed by atoms with Crippen LogP contribution in [0.4, 0.5) is 0 Å². The van der Waals surface area contributed by atoms with Crippen LogP contribution < -0.4 is 10.5 Å². The van der Waals surface area contributed by atoms with Gasteiger partial charge in [0.1, 0.15) is 34.8 Å². The average Bonchev–Trinajstić information content (AvgIpc) is 3.36. The smallest absolute Gasteiger partial charge is 0.254 e. The van der Waals surface area contributed by atoms with E-state index in [2.05, 4.69) is 10.1 Å². The molecule has 4 aromatic rings. The number of nitriles is 1. The van der Waals surface area contributed by atoms with Crippen molar-refractivity contribution in [3.05, 3.63) is 71.5 Å². The highest BCUT2D eigenvalue weighted by Gasteiger charge is 2.29. The second-order valence-electron chi connectivity index (χ2n) is 7.74. The van der Waals surface area contributed by atoms with Crippen LogP contribution in [0.3, 0.4) is 0 Å². The van der Waals surface area contributed by atoms with Gasteiger partial charge in [0.2, 0.25) is 5.91 Å². The number of primary amides is 1. The summed E-state index contributed by atoms with van der Waals surface area (Å²) in [7, 11) is 0. The number of rotatable bonds is 5. The van der Waals surface area contributed by atoms with Crippen molar-refractivity contribution in [3.8, 4) is 28.8 Å². The number of nitrogens with two attached hydrogens (primary N) is 1. The van der Waals surface area contributed by atoms with Crippen LogP contribution in [-0.4, -0.2) is 37.9 Å². The van der Waals surface area contributed by atoms with E-state index in [4.69, 9.17) is 15.7 Å². The summed E-state index contributed by atoms with van der Waals surface area (Å²) in [4.78, 5) is 29.5. The van der Waals surface area contributed by atoms with Gasteiger partial charge in [0, 0.05) is 24.2 Å². The lowest BCUT2D eigenvalue weighted by Crippen LogP contribution is -2.36. The zero-order chi connectivity index (χ0) is 22.9. The lowest BCUT2D eigenvalue weighted by molar-refractivity contribution is -0.131. The Morgan fingerprint density at radius 3 is 2.55 bits per heavy atom. The third-order valence-electron chi connectivity index (χ3n) is 5.67. The number of nitrogens with zero attached hydrogens (tertiary/aromatic N) is 4. The molecule has 9 heteroatoms. The summed E-state index contributed by atoms with van der Waals surface area (Å²) in [5.41, 5.74) is 9.36. The molecule has 0 radical (unpaired) electrons. The lowest BCUT2D eigenvalue weighted by atomic mass is 10.1. The summed E-state index contributed by atoms with van der Waals surface area (Å²) < 4.78 is 7.48. The molecule has 164 valence electrons. The van der Waals surface area contributed by atoms with Gasteiger partial charge in [0.05, 0.1) is 18.3 Å². The minimum absolute atomic E-state index is 0.169. The van der Waals surface area contributed by atoms with E-state index in [1.807, 2.05) is 48.5 Å². The van der Waals surface area contributed by atoms with Gasteiger partial charge in [-0.05, 0) is 36.4 Å².